The third-order valence-electron chi connectivity index (χ3n) is 2.91. The van der Waals surface area contributed by atoms with Crippen LogP contribution in [-0.4, -0.2) is 29.7 Å². The molecule has 0 radical (unpaired) electrons. The fourth-order valence-corrected chi connectivity index (χ4v) is 2.26. The summed E-state index contributed by atoms with van der Waals surface area (Å²) in [5, 5.41) is 0. The molecule has 2 aliphatic heterocycles. The lowest BCUT2D eigenvalue weighted by Crippen LogP contribution is -2.52. The van der Waals surface area contributed by atoms with E-state index in [0.29, 0.717) is 18.7 Å². The minimum atomic E-state index is -0.0987. The van der Waals surface area contributed by atoms with E-state index in [-0.39, 0.29) is 6.09 Å². The van der Waals surface area contributed by atoms with Crippen LogP contribution in [0.5, 0.6) is 0 Å². The maximum absolute atomic E-state index is 11.3. The third-order valence-corrected chi connectivity index (χ3v) is 2.91. The Morgan fingerprint density at radius 2 is 2.25 bits per heavy atom. The van der Waals surface area contributed by atoms with Crippen LogP contribution in [0.4, 0.5) is 4.79 Å². The Labute approximate surface area is 72.7 Å². The molecule has 0 aromatic carbocycles. The van der Waals surface area contributed by atoms with Crippen LogP contribution in [-0.2, 0) is 4.74 Å². The molecule has 0 aromatic heterocycles. The van der Waals surface area contributed by atoms with Crippen molar-refractivity contribution in [2.75, 3.05) is 6.61 Å². The number of cyclic esters (lactones) is 1. The van der Waals surface area contributed by atoms with Crippen LogP contribution in [0, 0.1) is 0 Å². The summed E-state index contributed by atoms with van der Waals surface area (Å²) in [5.74, 6) is 0. The number of amides is 1. The summed E-state index contributed by atoms with van der Waals surface area (Å²) in [6.07, 6.45) is 4.48. The first-order valence-electron chi connectivity index (χ1n) is 4.74. The number of piperidine rings is 1. The first-order valence-corrected chi connectivity index (χ1v) is 4.74. The SMILES string of the molecule is C[C@H]1CCC[C@@H]2CCOC(=O)N21. The molecule has 0 N–H and O–H groups in total. The summed E-state index contributed by atoms with van der Waals surface area (Å²) >= 11 is 0. The van der Waals surface area contributed by atoms with Gasteiger partial charge in [0.2, 0.25) is 0 Å². The van der Waals surface area contributed by atoms with Crippen molar-refractivity contribution in [1.82, 2.24) is 4.90 Å². The molecule has 0 aromatic rings. The van der Waals surface area contributed by atoms with Crippen LogP contribution in [0.25, 0.3) is 0 Å². The topological polar surface area (TPSA) is 29.5 Å². The number of hydrogen-bond acceptors (Lipinski definition) is 2. The summed E-state index contributed by atoms with van der Waals surface area (Å²) in [5.41, 5.74) is 0. The Kier molecular flexibility index (Phi) is 1.95. The molecular weight excluding hydrogens is 154 g/mol. The summed E-state index contributed by atoms with van der Waals surface area (Å²) < 4.78 is 5.00. The van der Waals surface area contributed by atoms with Gasteiger partial charge >= 0.3 is 6.09 Å². The highest BCUT2D eigenvalue weighted by molar-refractivity contribution is 5.69. The first-order chi connectivity index (χ1) is 5.79. The zero-order valence-corrected chi connectivity index (χ0v) is 7.45. The molecule has 3 heteroatoms. The Morgan fingerprint density at radius 1 is 1.42 bits per heavy atom. The van der Waals surface area contributed by atoms with E-state index in [1.807, 2.05) is 4.90 Å². The lowest BCUT2D eigenvalue weighted by Gasteiger charge is -2.42. The predicted molar refractivity (Wildman–Crippen MR) is 44.9 cm³/mol. The molecule has 2 fully saturated rings. The van der Waals surface area contributed by atoms with Crippen LogP contribution in [0.1, 0.15) is 32.6 Å². The zero-order chi connectivity index (χ0) is 8.55. The van der Waals surface area contributed by atoms with E-state index >= 15 is 0 Å². The number of fused-ring (bicyclic) bond motifs is 1. The van der Waals surface area contributed by atoms with E-state index in [2.05, 4.69) is 6.92 Å². The largest absolute Gasteiger partial charge is 0.449 e. The number of carbonyl (C=O) groups is 1. The third kappa shape index (κ3) is 1.17. The van der Waals surface area contributed by atoms with E-state index < -0.39 is 0 Å². The van der Waals surface area contributed by atoms with E-state index in [9.17, 15) is 4.79 Å². The predicted octanol–water partition coefficient (Wildman–Crippen LogP) is 1.77. The number of rotatable bonds is 0. The van der Waals surface area contributed by atoms with Gasteiger partial charge < -0.3 is 9.64 Å². The molecule has 2 aliphatic rings. The number of ether oxygens (including phenoxy) is 1. The first kappa shape index (κ1) is 7.90. The molecule has 2 rings (SSSR count). The number of hydrogen-bond donors (Lipinski definition) is 0. The second-order valence-electron chi connectivity index (χ2n) is 3.74. The van der Waals surface area contributed by atoms with Gasteiger partial charge in [-0.15, -0.1) is 0 Å². The van der Waals surface area contributed by atoms with E-state index in [1.54, 1.807) is 0 Å². The van der Waals surface area contributed by atoms with Gasteiger partial charge in [0.15, 0.2) is 0 Å². The van der Waals surface area contributed by atoms with Crippen molar-refractivity contribution < 1.29 is 9.53 Å². The summed E-state index contributed by atoms with van der Waals surface area (Å²) in [6, 6.07) is 0.853. The Bertz CT molecular complexity index is 191. The Hall–Kier alpha value is -0.730. The van der Waals surface area contributed by atoms with Crippen LogP contribution < -0.4 is 0 Å². The van der Waals surface area contributed by atoms with Crippen LogP contribution in [0.15, 0.2) is 0 Å². The number of carbonyl (C=O) groups excluding carboxylic acids is 1. The van der Waals surface area contributed by atoms with Gasteiger partial charge in [-0.1, -0.05) is 0 Å². The van der Waals surface area contributed by atoms with Gasteiger partial charge in [0, 0.05) is 18.5 Å². The quantitative estimate of drug-likeness (QED) is 0.553. The molecular formula is C9H15NO2. The fraction of sp³-hybridized carbons (Fsp3) is 0.889. The van der Waals surface area contributed by atoms with Gasteiger partial charge in [-0.25, -0.2) is 4.79 Å². The maximum Gasteiger partial charge on any atom is 0.410 e. The second-order valence-corrected chi connectivity index (χ2v) is 3.74. The van der Waals surface area contributed by atoms with E-state index in [1.165, 1.54) is 12.8 Å². The van der Waals surface area contributed by atoms with Crippen molar-refractivity contribution in [3.05, 3.63) is 0 Å². The van der Waals surface area contributed by atoms with Crippen molar-refractivity contribution in [1.29, 1.82) is 0 Å². The molecule has 0 aliphatic carbocycles. The molecule has 0 unspecified atom stereocenters. The smallest absolute Gasteiger partial charge is 0.410 e. The molecule has 2 heterocycles. The molecule has 12 heavy (non-hydrogen) atoms. The van der Waals surface area contributed by atoms with Gasteiger partial charge in [0.25, 0.3) is 0 Å². The molecule has 0 bridgehead atoms. The Balaban J connectivity index is 2.12. The monoisotopic (exact) mass is 169 g/mol. The van der Waals surface area contributed by atoms with Crippen LogP contribution in [0.2, 0.25) is 0 Å². The Morgan fingerprint density at radius 3 is 3.00 bits per heavy atom. The highest BCUT2D eigenvalue weighted by Crippen LogP contribution is 2.28. The second kappa shape index (κ2) is 2.96. The van der Waals surface area contributed by atoms with E-state index in [0.717, 1.165) is 12.8 Å². The minimum Gasteiger partial charge on any atom is -0.449 e. The molecule has 3 nitrogen and oxygen atoms in total. The molecule has 2 atom stereocenters. The lowest BCUT2D eigenvalue weighted by molar-refractivity contribution is 0.00871. The minimum absolute atomic E-state index is 0.0987. The fourth-order valence-electron chi connectivity index (χ4n) is 2.26. The highest BCUT2D eigenvalue weighted by atomic mass is 16.6. The van der Waals surface area contributed by atoms with Crippen molar-refractivity contribution in [2.45, 2.75) is 44.7 Å². The van der Waals surface area contributed by atoms with Crippen molar-refractivity contribution in [3.8, 4) is 0 Å². The van der Waals surface area contributed by atoms with Crippen LogP contribution >= 0.6 is 0 Å². The standard InChI is InChI=1S/C9H15NO2/c1-7-3-2-4-8-5-6-12-9(11)10(7)8/h7-8H,2-6H2,1H3/t7-,8+/m0/s1. The van der Waals surface area contributed by atoms with Gasteiger partial charge in [-0.3, -0.25) is 0 Å². The average molecular weight is 169 g/mol. The number of nitrogens with zero attached hydrogens (tertiary/aromatic N) is 1. The van der Waals surface area contributed by atoms with Crippen molar-refractivity contribution >= 4 is 6.09 Å². The maximum atomic E-state index is 11.3. The van der Waals surface area contributed by atoms with Gasteiger partial charge in [-0.2, -0.15) is 0 Å². The van der Waals surface area contributed by atoms with Crippen molar-refractivity contribution in [3.63, 3.8) is 0 Å². The van der Waals surface area contributed by atoms with Crippen LogP contribution in [0.3, 0.4) is 0 Å². The molecule has 2 saturated heterocycles. The average Bonchev–Trinajstić information content (AvgIpc) is 2.04. The normalized spacial score (nSPS) is 35.8. The van der Waals surface area contributed by atoms with E-state index in [4.69, 9.17) is 4.74 Å². The van der Waals surface area contributed by atoms with Gasteiger partial charge in [0.05, 0.1) is 6.61 Å². The summed E-state index contributed by atoms with van der Waals surface area (Å²) in [6.45, 7) is 2.73. The summed E-state index contributed by atoms with van der Waals surface area (Å²) in [7, 11) is 0. The highest BCUT2D eigenvalue weighted by Gasteiger charge is 2.35. The summed E-state index contributed by atoms with van der Waals surface area (Å²) in [4.78, 5) is 13.3. The van der Waals surface area contributed by atoms with Gasteiger partial charge in [-0.05, 0) is 26.2 Å². The lowest BCUT2D eigenvalue weighted by atomic mass is 9.94. The van der Waals surface area contributed by atoms with Gasteiger partial charge in [0.1, 0.15) is 0 Å². The molecule has 0 spiro atoms. The van der Waals surface area contributed by atoms with Crippen molar-refractivity contribution in [2.24, 2.45) is 0 Å². The molecule has 1 amide bonds. The molecule has 0 saturated carbocycles. The zero-order valence-electron chi connectivity index (χ0n) is 7.45. The molecule has 68 valence electrons.